The van der Waals surface area contributed by atoms with Crippen molar-refractivity contribution >= 4 is 68.0 Å². The fourth-order valence-electron chi connectivity index (χ4n) is 5.24. The van der Waals surface area contributed by atoms with Crippen LogP contribution in [0.5, 0.6) is 0 Å². The second-order valence-electron chi connectivity index (χ2n) is 14.9. The number of carbonyl (C=O) groups excluding carboxylic acids is 3. The lowest BCUT2D eigenvalue weighted by Gasteiger charge is -2.19. The molecule has 4 N–H and O–H groups in total. The lowest BCUT2D eigenvalue weighted by molar-refractivity contribution is -0.384. The maximum absolute atomic E-state index is 13.3. The third kappa shape index (κ3) is 11.8. The molecule has 19 heteroatoms. The number of fused-ring (bicyclic) bond motifs is 1. The molecule has 0 saturated heterocycles. The second-order valence-corrected chi connectivity index (χ2v) is 16.7. The molecule has 0 spiro atoms. The van der Waals surface area contributed by atoms with Gasteiger partial charge in [-0.1, -0.05) is 24.3 Å². The van der Waals surface area contributed by atoms with Crippen LogP contribution in [-0.2, 0) is 19.5 Å². The number of aromatic nitrogens is 4. The Kier molecular flexibility index (Phi) is 13.1. The van der Waals surface area contributed by atoms with Gasteiger partial charge in [0.2, 0.25) is 5.95 Å². The quantitative estimate of drug-likeness (QED) is 0.0796. The Hall–Kier alpha value is -7.41. The van der Waals surface area contributed by atoms with Crippen molar-refractivity contribution in [2.45, 2.75) is 57.6 Å². The average molecular weight is 838 g/mol. The number of nitrogens with zero attached hydrogens (tertiary/aromatic N) is 5. The minimum Gasteiger partial charge on any atom is -0.444 e. The largest absolute Gasteiger partial charge is 0.444 e. The van der Waals surface area contributed by atoms with Crippen LogP contribution in [0.1, 0.15) is 51.9 Å². The summed E-state index contributed by atoms with van der Waals surface area (Å²) in [6.45, 7) is 10.6. The van der Waals surface area contributed by atoms with E-state index in [1.54, 1.807) is 81.4 Å². The summed E-state index contributed by atoms with van der Waals surface area (Å²) in [7, 11) is -2.37. The SMILES string of the molecule is CC(C)(C)OC(=O)Nc1nc(Nc2cccc(NC(=O)c3ccc([N+](=O)[O-])cc3)c2)cc(-c2cnc3c(ccn3S(=O)(=O)c3ccccc3)c2)n1.CNC(=O)OC(C)(C)C. The summed E-state index contributed by atoms with van der Waals surface area (Å²) in [6.07, 6.45) is 1.73. The number of carbonyl (C=O) groups is 3. The van der Waals surface area contributed by atoms with E-state index in [2.05, 4.69) is 36.2 Å². The predicted molar refractivity (Wildman–Crippen MR) is 226 cm³/mol. The van der Waals surface area contributed by atoms with Crippen LogP contribution >= 0.6 is 0 Å². The van der Waals surface area contributed by atoms with E-state index in [4.69, 9.17) is 9.47 Å². The molecule has 0 aliphatic carbocycles. The number of non-ortho nitro benzene ring substituents is 1. The van der Waals surface area contributed by atoms with Gasteiger partial charge in [-0.05, 0) is 96.1 Å². The third-order valence-corrected chi connectivity index (χ3v) is 9.44. The molecule has 6 rings (SSSR count). The first kappa shape index (κ1) is 43.7. The molecule has 0 aliphatic heterocycles. The number of alkyl carbamates (subject to hydrolysis) is 1. The van der Waals surface area contributed by atoms with Crippen LogP contribution in [0.25, 0.3) is 22.3 Å². The van der Waals surface area contributed by atoms with Crippen LogP contribution in [0, 0.1) is 10.1 Å². The molecule has 3 aromatic heterocycles. The van der Waals surface area contributed by atoms with Gasteiger partial charge in [-0.2, -0.15) is 4.98 Å². The Balaban J connectivity index is 0.000000680. The monoisotopic (exact) mass is 837 g/mol. The van der Waals surface area contributed by atoms with Crippen LogP contribution in [-0.4, -0.2) is 68.6 Å². The van der Waals surface area contributed by atoms with Crippen LogP contribution in [0.15, 0.2) is 114 Å². The molecule has 3 aromatic carbocycles. The van der Waals surface area contributed by atoms with Crippen LogP contribution < -0.4 is 21.3 Å². The van der Waals surface area contributed by atoms with E-state index in [9.17, 15) is 32.9 Å². The van der Waals surface area contributed by atoms with E-state index in [0.717, 1.165) is 3.97 Å². The molecule has 0 atom stereocenters. The standard InChI is InChI=1S/C35H30N8O7S.C6H13NO2/c1-35(2,3)50-34(45)41-33-39-29(24-18-23-16-17-42(31(23)36-21-24)51(48,49)28-10-5-4-6-11-28)20-30(40-33)37-25-8-7-9-26(19-25)38-32(44)22-12-14-27(15-13-22)43(46)47;1-6(2,3)9-5(8)7-4/h4-21H,1-3H3,(H,38,44)(H2,37,39,40,41,45);1-4H3,(H,7,8). The average Bonchev–Trinajstić information content (AvgIpc) is 3.62. The van der Waals surface area contributed by atoms with Crippen molar-refractivity contribution in [3.8, 4) is 11.3 Å². The van der Waals surface area contributed by atoms with Crippen molar-refractivity contribution in [2.75, 3.05) is 23.0 Å². The molecule has 0 unspecified atom stereocenters. The molecule has 6 aromatic rings. The molecule has 3 amide bonds. The van der Waals surface area contributed by atoms with Gasteiger partial charge >= 0.3 is 12.2 Å². The van der Waals surface area contributed by atoms with Gasteiger partial charge in [0.1, 0.15) is 17.0 Å². The van der Waals surface area contributed by atoms with E-state index in [1.807, 2.05) is 20.8 Å². The molecule has 0 saturated carbocycles. The maximum Gasteiger partial charge on any atom is 0.414 e. The molecule has 18 nitrogen and oxygen atoms in total. The molecular formula is C41H43N9O9S. The number of amides is 3. The van der Waals surface area contributed by atoms with E-state index in [-0.39, 0.29) is 45.3 Å². The molecule has 0 fully saturated rings. The number of hydrogen-bond donors (Lipinski definition) is 4. The number of anilines is 4. The number of nitro groups is 1. The van der Waals surface area contributed by atoms with Crippen molar-refractivity contribution < 1.29 is 37.2 Å². The molecule has 60 heavy (non-hydrogen) atoms. The highest BCUT2D eigenvalue weighted by Gasteiger charge is 2.22. The first-order valence-corrected chi connectivity index (χ1v) is 19.7. The Morgan fingerprint density at radius 3 is 2.03 bits per heavy atom. The number of pyridine rings is 1. The van der Waals surface area contributed by atoms with E-state index in [1.165, 1.54) is 55.8 Å². The molecule has 312 valence electrons. The molecule has 0 radical (unpaired) electrons. The fraction of sp³-hybridized carbons (Fsp3) is 0.220. The van der Waals surface area contributed by atoms with Crippen molar-refractivity contribution in [1.82, 2.24) is 24.2 Å². The molecular weight excluding hydrogens is 795 g/mol. The summed E-state index contributed by atoms with van der Waals surface area (Å²) in [5, 5.41) is 22.3. The van der Waals surface area contributed by atoms with Gasteiger partial charge in [-0.3, -0.25) is 20.2 Å². The topological polar surface area (TPSA) is 239 Å². The zero-order valence-corrected chi connectivity index (χ0v) is 34.5. The fourth-order valence-corrected chi connectivity index (χ4v) is 6.57. The first-order valence-electron chi connectivity index (χ1n) is 18.2. The highest BCUT2D eigenvalue weighted by atomic mass is 32.2. The smallest absolute Gasteiger partial charge is 0.414 e. The number of benzene rings is 3. The van der Waals surface area contributed by atoms with Crippen LogP contribution in [0.2, 0.25) is 0 Å². The Morgan fingerprint density at radius 2 is 1.42 bits per heavy atom. The minimum atomic E-state index is -3.90. The second kappa shape index (κ2) is 18.0. The summed E-state index contributed by atoms with van der Waals surface area (Å²) >= 11 is 0. The van der Waals surface area contributed by atoms with E-state index < -0.39 is 32.5 Å². The van der Waals surface area contributed by atoms with Gasteiger partial charge < -0.3 is 25.4 Å². The van der Waals surface area contributed by atoms with Crippen molar-refractivity contribution in [2.24, 2.45) is 0 Å². The lowest BCUT2D eigenvalue weighted by Crippen LogP contribution is -2.30. The van der Waals surface area contributed by atoms with Gasteiger partial charge in [-0.15, -0.1) is 0 Å². The van der Waals surface area contributed by atoms with Crippen LogP contribution in [0.3, 0.4) is 0 Å². The molecule has 0 aliphatic rings. The lowest BCUT2D eigenvalue weighted by atomic mass is 10.1. The Bertz CT molecular complexity index is 2640. The summed E-state index contributed by atoms with van der Waals surface area (Å²) in [6, 6.07) is 24.9. The molecule has 0 bridgehead atoms. The maximum atomic E-state index is 13.3. The van der Waals surface area contributed by atoms with Gasteiger partial charge in [-0.25, -0.2) is 31.9 Å². The van der Waals surface area contributed by atoms with Crippen molar-refractivity contribution in [1.29, 1.82) is 0 Å². The van der Waals surface area contributed by atoms with E-state index >= 15 is 0 Å². The summed E-state index contributed by atoms with van der Waals surface area (Å²) in [5.74, 6) is -0.297. The predicted octanol–water partition coefficient (Wildman–Crippen LogP) is 8.12. The molecule has 3 heterocycles. The minimum absolute atomic E-state index is 0.0869. The van der Waals surface area contributed by atoms with Crippen molar-refractivity contribution in [3.63, 3.8) is 0 Å². The number of nitro benzene ring substituents is 1. The van der Waals surface area contributed by atoms with Gasteiger partial charge in [0.15, 0.2) is 5.65 Å². The summed E-state index contributed by atoms with van der Waals surface area (Å²) in [5.41, 5.74) is 0.923. The Morgan fingerprint density at radius 1 is 0.767 bits per heavy atom. The number of nitrogens with one attached hydrogen (secondary N) is 4. The van der Waals surface area contributed by atoms with E-state index in [0.29, 0.717) is 28.0 Å². The van der Waals surface area contributed by atoms with Crippen LogP contribution in [0.4, 0.5) is 38.4 Å². The normalized spacial score (nSPS) is 11.4. The number of ether oxygens (including phenoxy) is 2. The number of rotatable bonds is 9. The first-order chi connectivity index (χ1) is 28.2. The number of hydrogen-bond acceptors (Lipinski definition) is 13. The third-order valence-electron chi connectivity index (χ3n) is 7.76. The van der Waals surface area contributed by atoms with Crippen molar-refractivity contribution in [3.05, 3.63) is 125 Å². The summed E-state index contributed by atoms with van der Waals surface area (Å²) < 4.78 is 38.0. The highest BCUT2D eigenvalue weighted by molar-refractivity contribution is 7.90. The highest BCUT2D eigenvalue weighted by Crippen LogP contribution is 2.29. The zero-order valence-electron chi connectivity index (χ0n) is 33.7. The zero-order chi connectivity index (χ0) is 43.8. The van der Waals surface area contributed by atoms with Gasteiger partial charge in [0.25, 0.3) is 21.6 Å². The summed E-state index contributed by atoms with van der Waals surface area (Å²) in [4.78, 5) is 59.9. The Labute approximate surface area is 345 Å². The van der Waals surface area contributed by atoms with Gasteiger partial charge in [0.05, 0.1) is 15.5 Å². The van der Waals surface area contributed by atoms with Gasteiger partial charge in [0, 0.05) is 65.5 Å².